The summed E-state index contributed by atoms with van der Waals surface area (Å²) < 4.78 is 21.3. The van der Waals surface area contributed by atoms with Gasteiger partial charge in [0.15, 0.2) is 11.5 Å². The van der Waals surface area contributed by atoms with Crippen molar-refractivity contribution in [1.29, 1.82) is 0 Å². The Morgan fingerprint density at radius 3 is 1.97 bits per heavy atom. The van der Waals surface area contributed by atoms with Gasteiger partial charge in [-0.25, -0.2) is 4.98 Å². The Labute approximate surface area is 221 Å². The fourth-order valence-electron chi connectivity index (χ4n) is 3.73. The molecule has 1 heterocycles. The van der Waals surface area contributed by atoms with E-state index in [-0.39, 0.29) is 23.8 Å². The van der Waals surface area contributed by atoms with Gasteiger partial charge in [0.1, 0.15) is 16.5 Å². The number of ether oxygens (including phenoxy) is 4. The Morgan fingerprint density at radius 2 is 1.46 bits per heavy atom. The molecule has 0 saturated carbocycles. The monoisotopic (exact) mass is 527 g/mol. The molecule has 198 valence electrons. The van der Waals surface area contributed by atoms with Gasteiger partial charge in [-0.05, 0) is 42.7 Å². The summed E-state index contributed by atoms with van der Waals surface area (Å²) in [4.78, 5) is 30.6. The van der Waals surface area contributed by atoms with Crippen molar-refractivity contribution in [1.82, 2.24) is 15.6 Å². The number of thiazole rings is 1. The van der Waals surface area contributed by atoms with Crippen LogP contribution in [0, 0.1) is 5.92 Å². The largest absolute Gasteiger partial charge is 0.497 e. The van der Waals surface area contributed by atoms with Gasteiger partial charge in [0, 0.05) is 10.9 Å². The van der Waals surface area contributed by atoms with E-state index in [1.54, 1.807) is 24.6 Å². The molecule has 0 saturated heterocycles. The average molecular weight is 528 g/mol. The number of benzene rings is 2. The van der Waals surface area contributed by atoms with E-state index in [0.717, 1.165) is 11.3 Å². The molecule has 0 radical (unpaired) electrons. The predicted molar refractivity (Wildman–Crippen MR) is 142 cm³/mol. The van der Waals surface area contributed by atoms with Gasteiger partial charge >= 0.3 is 0 Å². The van der Waals surface area contributed by atoms with E-state index in [2.05, 4.69) is 15.6 Å². The third-order valence-electron chi connectivity index (χ3n) is 5.86. The first-order valence-electron chi connectivity index (χ1n) is 11.7. The quantitative estimate of drug-likeness (QED) is 0.369. The molecule has 2 atom stereocenters. The number of aromatic nitrogens is 1. The molecule has 10 heteroatoms. The molecule has 2 aromatic carbocycles. The van der Waals surface area contributed by atoms with Crippen LogP contribution in [0.2, 0.25) is 0 Å². The van der Waals surface area contributed by atoms with Crippen LogP contribution in [-0.4, -0.2) is 45.2 Å². The molecule has 37 heavy (non-hydrogen) atoms. The van der Waals surface area contributed by atoms with E-state index in [1.807, 2.05) is 45.0 Å². The third kappa shape index (κ3) is 6.51. The number of carbonyl (C=O) groups is 2. The highest BCUT2D eigenvalue weighted by Crippen LogP contribution is 2.38. The summed E-state index contributed by atoms with van der Waals surface area (Å²) in [5.74, 6) is 1.32. The van der Waals surface area contributed by atoms with Crippen LogP contribution < -0.4 is 29.6 Å². The molecule has 0 aliphatic carbocycles. The molecular weight excluding hydrogens is 494 g/mol. The lowest BCUT2D eigenvalue weighted by atomic mass is 10.0. The highest BCUT2D eigenvalue weighted by atomic mass is 32.1. The van der Waals surface area contributed by atoms with E-state index < -0.39 is 6.04 Å². The van der Waals surface area contributed by atoms with Crippen LogP contribution in [0.15, 0.2) is 41.8 Å². The van der Waals surface area contributed by atoms with Gasteiger partial charge in [-0.3, -0.25) is 9.59 Å². The maximum Gasteiger partial charge on any atom is 0.271 e. The van der Waals surface area contributed by atoms with Crippen molar-refractivity contribution in [2.24, 2.45) is 5.92 Å². The summed E-state index contributed by atoms with van der Waals surface area (Å²) in [7, 11) is 6.10. The number of methoxy groups -OCH3 is 4. The smallest absolute Gasteiger partial charge is 0.271 e. The summed E-state index contributed by atoms with van der Waals surface area (Å²) in [6.45, 7) is 5.86. The first kappa shape index (κ1) is 27.8. The van der Waals surface area contributed by atoms with Gasteiger partial charge < -0.3 is 29.6 Å². The van der Waals surface area contributed by atoms with Crippen molar-refractivity contribution in [3.8, 4) is 23.0 Å². The zero-order chi connectivity index (χ0) is 27.1. The van der Waals surface area contributed by atoms with Gasteiger partial charge in [0.25, 0.3) is 11.8 Å². The van der Waals surface area contributed by atoms with Crippen LogP contribution in [0.3, 0.4) is 0 Å². The van der Waals surface area contributed by atoms with Crippen molar-refractivity contribution >= 4 is 23.2 Å². The SMILES string of the molecule is COc1ccc([C@@H](C)NC(=O)c2csc([C@@H](NC(=O)c3cc(OC)c(OC)c(OC)c3)C(C)C)n2)cc1. The Hall–Kier alpha value is -3.79. The van der Waals surface area contributed by atoms with Gasteiger partial charge in [-0.1, -0.05) is 26.0 Å². The van der Waals surface area contributed by atoms with Crippen LogP contribution in [0.1, 0.15) is 64.3 Å². The van der Waals surface area contributed by atoms with Crippen LogP contribution in [0.5, 0.6) is 23.0 Å². The van der Waals surface area contributed by atoms with Crippen molar-refractivity contribution < 1.29 is 28.5 Å². The normalized spacial score (nSPS) is 12.4. The van der Waals surface area contributed by atoms with Crippen LogP contribution in [-0.2, 0) is 0 Å². The predicted octanol–water partition coefficient (Wildman–Crippen LogP) is 4.80. The Morgan fingerprint density at radius 1 is 0.838 bits per heavy atom. The molecule has 0 fully saturated rings. The van der Waals surface area contributed by atoms with E-state index in [1.165, 1.54) is 32.7 Å². The number of amides is 2. The number of nitrogens with zero attached hydrogens (tertiary/aromatic N) is 1. The summed E-state index contributed by atoms with van der Waals surface area (Å²) in [5, 5.41) is 8.34. The zero-order valence-corrected chi connectivity index (χ0v) is 22.9. The molecule has 0 spiro atoms. The molecule has 2 N–H and O–H groups in total. The Kier molecular flexibility index (Phi) is 9.35. The van der Waals surface area contributed by atoms with Crippen LogP contribution in [0.4, 0.5) is 0 Å². The summed E-state index contributed by atoms with van der Waals surface area (Å²) in [5.41, 5.74) is 1.60. The van der Waals surface area contributed by atoms with Crippen molar-refractivity contribution in [2.75, 3.05) is 28.4 Å². The van der Waals surface area contributed by atoms with Gasteiger partial charge in [0.2, 0.25) is 5.75 Å². The minimum atomic E-state index is -0.405. The fourth-order valence-corrected chi connectivity index (χ4v) is 4.75. The molecule has 3 rings (SSSR count). The fraction of sp³-hybridized carbons (Fsp3) is 0.370. The molecule has 0 aliphatic heterocycles. The zero-order valence-electron chi connectivity index (χ0n) is 22.1. The number of rotatable bonds is 11. The van der Waals surface area contributed by atoms with E-state index in [0.29, 0.717) is 33.5 Å². The average Bonchev–Trinajstić information content (AvgIpc) is 3.40. The number of hydrogen-bond acceptors (Lipinski definition) is 8. The lowest BCUT2D eigenvalue weighted by Crippen LogP contribution is -2.32. The van der Waals surface area contributed by atoms with Crippen molar-refractivity contribution in [2.45, 2.75) is 32.9 Å². The second-order valence-corrected chi connectivity index (χ2v) is 9.54. The molecule has 1 aromatic heterocycles. The van der Waals surface area contributed by atoms with Crippen molar-refractivity contribution in [3.63, 3.8) is 0 Å². The summed E-state index contributed by atoms with van der Waals surface area (Å²) >= 11 is 1.33. The van der Waals surface area contributed by atoms with Gasteiger partial charge in [-0.2, -0.15) is 0 Å². The lowest BCUT2D eigenvalue weighted by Gasteiger charge is -2.21. The Bertz CT molecular complexity index is 1200. The van der Waals surface area contributed by atoms with E-state index in [9.17, 15) is 9.59 Å². The van der Waals surface area contributed by atoms with E-state index in [4.69, 9.17) is 18.9 Å². The third-order valence-corrected chi connectivity index (χ3v) is 6.79. The number of nitrogens with one attached hydrogen (secondary N) is 2. The van der Waals surface area contributed by atoms with Crippen LogP contribution >= 0.6 is 11.3 Å². The topological polar surface area (TPSA) is 108 Å². The van der Waals surface area contributed by atoms with Gasteiger partial charge in [0.05, 0.1) is 40.5 Å². The Balaban J connectivity index is 1.75. The lowest BCUT2D eigenvalue weighted by molar-refractivity contribution is 0.0924. The molecule has 2 amide bonds. The highest BCUT2D eigenvalue weighted by Gasteiger charge is 2.25. The molecule has 0 bridgehead atoms. The summed E-state index contributed by atoms with van der Waals surface area (Å²) in [6, 6.07) is 10.1. The van der Waals surface area contributed by atoms with Crippen LogP contribution in [0.25, 0.3) is 0 Å². The van der Waals surface area contributed by atoms with E-state index >= 15 is 0 Å². The standard InChI is InChI=1S/C27H33N3O6S/c1-15(2)23(30-25(31)18-12-21(34-5)24(36-7)22(13-18)35-6)27-29-20(14-37-27)26(32)28-16(3)17-8-10-19(33-4)11-9-17/h8-16,23H,1-7H3,(H,28,32)(H,30,31)/t16-,23+/m1/s1. The van der Waals surface area contributed by atoms with Gasteiger partial charge in [-0.15, -0.1) is 11.3 Å². The molecule has 3 aromatic rings. The maximum absolute atomic E-state index is 13.2. The highest BCUT2D eigenvalue weighted by molar-refractivity contribution is 7.09. The first-order chi connectivity index (χ1) is 17.7. The first-order valence-corrected chi connectivity index (χ1v) is 12.6. The second kappa shape index (κ2) is 12.4. The second-order valence-electron chi connectivity index (χ2n) is 8.65. The minimum absolute atomic E-state index is 0.0197. The summed E-state index contributed by atoms with van der Waals surface area (Å²) in [6.07, 6.45) is 0. The molecule has 0 aliphatic rings. The maximum atomic E-state index is 13.2. The molecule has 9 nitrogen and oxygen atoms in total. The molecular formula is C27H33N3O6S. The molecule has 0 unspecified atom stereocenters. The van der Waals surface area contributed by atoms with Crippen molar-refractivity contribution in [3.05, 3.63) is 63.6 Å². The number of hydrogen-bond donors (Lipinski definition) is 2. The minimum Gasteiger partial charge on any atom is -0.497 e. The number of carbonyl (C=O) groups excluding carboxylic acids is 2.